The average molecular weight is 431 g/mol. The van der Waals surface area contributed by atoms with Crippen molar-refractivity contribution in [1.29, 1.82) is 0 Å². The zero-order chi connectivity index (χ0) is 18.0. The summed E-state index contributed by atoms with van der Waals surface area (Å²) in [7, 11) is 0. The first-order chi connectivity index (χ1) is 11.1. The van der Waals surface area contributed by atoms with Gasteiger partial charge in [-0.3, -0.25) is 4.90 Å². The molecule has 11 heteroatoms. The molecule has 1 saturated heterocycles. The first-order valence-electron chi connectivity index (χ1n) is 7.46. The quantitative estimate of drug-likeness (QED) is 0.677. The number of rotatable bonds is 4. The van der Waals surface area contributed by atoms with Gasteiger partial charge in [0.2, 0.25) is 0 Å². The third-order valence-electron chi connectivity index (χ3n) is 3.98. The molecule has 26 heavy (non-hydrogen) atoms. The SMILES string of the molecule is Cl.Cl.Fc1cc([C@H](CCC(F)(F)F)N2CCNCC2)ccc1C(F)(F)F. The zero-order valence-corrected chi connectivity index (χ0v) is 15.1. The summed E-state index contributed by atoms with van der Waals surface area (Å²) in [6.45, 7) is 2.02. The van der Waals surface area contributed by atoms with Crippen molar-refractivity contribution >= 4 is 24.8 Å². The summed E-state index contributed by atoms with van der Waals surface area (Å²) >= 11 is 0. The maximum Gasteiger partial charge on any atom is 0.419 e. The van der Waals surface area contributed by atoms with Gasteiger partial charge in [0.1, 0.15) is 5.82 Å². The maximum atomic E-state index is 13.8. The van der Waals surface area contributed by atoms with Crippen LogP contribution in [0.1, 0.15) is 30.0 Å². The van der Waals surface area contributed by atoms with Crippen molar-refractivity contribution in [2.75, 3.05) is 26.2 Å². The number of hydrogen-bond donors (Lipinski definition) is 1. The largest absolute Gasteiger partial charge is 0.419 e. The molecule has 1 fully saturated rings. The zero-order valence-electron chi connectivity index (χ0n) is 13.5. The Hall–Kier alpha value is -0.770. The second kappa shape index (κ2) is 9.96. The lowest BCUT2D eigenvalue weighted by molar-refractivity contribution is -0.140. The molecule has 1 aliphatic rings. The maximum absolute atomic E-state index is 13.8. The highest BCUT2D eigenvalue weighted by molar-refractivity contribution is 5.85. The molecular weight excluding hydrogens is 412 g/mol. The van der Waals surface area contributed by atoms with E-state index >= 15 is 0 Å². The van der Waals surface area contributed by atoms with E-state index in [2.05, 4.69) is 5.32 Å². The van der Waals surface area contributed by atoms with Gasteiger partial charge in [-0.05, 0) is 24.1 Å². The highest BCUT2D eigenvalue weighted by atomic mass is 35.5. The molecule has 1 heterocycles. The van der Waals surface area contributed by atoms with Crippen LogP contribution in [0.4, 0.5) is 30.7 Å². The molecule has 1 N–H and O–H groups in total. The minimum Gasteiger partial charge on any atom is -0.314 e. The fraction of sp³-hybridized carbons (Fsp3) is 0.600. The molecule has 0 saturated carbocycles. The normalized spacial score (nSPS) is 17.2. The minimum absolute atomic E-state index is 0. The van der Waals surface area contributed by atoms with Gasteiger partial charge < -0.3 is 5.32 Å². The van der Waals surface area contributed by atoms with Crippen LogP contribution in [0, 0.1) is 5.82 Å². The lowest BCUT2D eigenvalue weighted by Crippen LogP contribution is -2.45. The van der Waals surface area contributed by atoms with E-state index in [0.29, 0.717) is 38.3 Å². The van der Waals surface area contributed by atoms with E-state index in [1.165, 1.54) is 0 Å². The predicted molar refractivity (Wildman–Crippen MR) is 88.4 cm³/mol. The fourth-order valence-electron chi connectivity index (χ4n) is 2.82. The molecule has 0 aliphatic carbocycles. The standard InChI is InChI=1S/C15H17F7N2.2ClH/c16-12-9-10(1-2-11(12)15(20,21)22)13(3-4-14(17,18)19)24-7-5-23-6-8-24;;/h1-2,9,13,23H,3-8H2;2*1H/t13-;;/m0../s1. The Morgan fingerprint density at radius 1 is 1.00 bits per heavy atom. The van der Waals surface area contributed by atoms with E-state index < -0.39 is 36.2 Å². The van der Waals surface area contributed by atoms with Crippen molar-refractivity contribution in [2.45, 2.75) is 31.2 Å². The average Bonchev–Trinajstić information content (AvgIpc) is 2.46. The summed E-state index contributed by atoms with van der Waals surface area (Å²) in [5, 5.41) is 3.05. The van der Waals surface area contributed by atoms with E-state index in [1.807, 2.05) is 0 Å². The summed E-state index contributed by atoms with van der Waals surface area (Å²) < 4.78 is 89.3. The van der Waals surface area contributed by atoms with E-state index in [1.54, 1.807) is 4.90 Å². The number of benzene rings is 1. The molecule has 0 unspecified atom stereocenters. The topological polar surface area (TPSA) is 15.3 Å². The molecular formula is C15H19Cl2F7N2. The molecule has 0 spiro atoms. The van der Waals surface area contributed by atoms with Crippen LogP contribution in [0.25, 0.3) is 0 Å². The Morgan fingerprint density at radius 3 is 2.04 bits per heavy atom. The van der Waals surface area contributed by atoms with Crippen molar-refractivity contribution in [3.63, 3.8) is 0 Å². The van der Waals surface area contributed by atoms with Crippen LogP contribution in [0.15, 0.2) is 18.2 Å². The van der Waals surface area contributed by atoms with E-state index in [4.69, 9.17) is 0 Å². The number of piperazine rings is 1. The first-order valence-corrected chi connectivity index (χ1v) is 7.46. The second-order valence-corrected chi connectivity index (χ2v) is 5.69. The number of halogens is 9. The fourth-order valence-corrected chi connectivity index (χ4v) is 2.82. The Bertz CT molecular complexity index is 558. The third-order valence-corrected chi connectivity index (χ3v) is 3.98. The summed E-state index contributed by atoms with van der Waals surface area (Å²) in [4.78, 5) is 1.74. The van der Waals surface area contributed by atoms with Crippen LogP contribution in [0.5, 0.6) is 0 Å². The van der Waals surface area contributed by atoms with Crippen LogP contribution in [0.2, 0.25) is 0 Å². The summed E-state index contributed by atoms with van der Waals surface area (Å²) in [6.07, 6.45) is -10.6. The van der Waals surface area contributed by atoms with Crippen LogP contribution < -0.4 is 5.32 Å². The van der Waals surface area contributed by atoms with Gasteiger partial charge >= 0.3 is 12.4 Å². The van der Waals surface area contributed by atoms with Crippen LogP contribution in [0.3, 0.4) is 0 Å². The van der Waals surface area contributed by atoms with Gasteiger partial charge in [0.15, 0.2) is 0 Å². The molecule has 1 aromatic carbocycles. The second-order valence-electron chi connectivity index (χ2n) is 5.69. The van der Waals surface area contributed by atoms with Crippen molar-refractivity contribution in [2.24, 2.45) is 0 Å². The molecule has 1 atom stereocenters. The Labute approximate surface area is 158 Å². The lowest BCUT2D eigenvalue weighted by Gasteiger charge is -2.35. The van der Waals surface area contributed by atoms with E-state index in [-0.39, 0.29) is 36.8 Å². The smallest absolute Gasteiger partial charge is 0.314 e. The van der Waals surface area contributed by atoms with Gasteiger partial charge in [-0.1, -0.05) is 6.07 Å². The van der Waals surface area contributed by atoms with Crippen LogP contribution in [-0.2, 0) is 6.18 Å². The lowest BCUT2D eigenvalue weighted by atomic mass is 9.97. The molecule has 2 rings (SSSR count). The summed E-state index contributed by atoms with van der Waals surface area (Å²) in [6, 6.07) is 1.58. The van der Waals surface area contributed by atoms with E-state index in [0.717, 1.165) is 6.07 Å². The highest BCUT2D eigenvalue weighted by Crippen LogP contribution is 2.36. The van der Waals surface area contributed by atoms with Crippen molar-refractivity contribution in [1.82, 2.24) is 10.2 Å². The Balaban J connectivity index is 0.00000312. The predicted octanol–water partition coefficient (Wildman–Crippen LogP) is 4.98. The third kappa shape index (κ3) is 7.09. The van der Waals surface area contributed by atoms with Crippen molar-refractivity contribution in [3.05, 3.63) is 35.1 Å². The van der Waals surface area contributed by atoms with Crippen LogP contribution in [-0.4, -0.2) is 37.3 Å². The molecule has 0 radical (unpaired) electrons. The van der Waals surface area contributed by atoms with Gasteiger partial charge in [0.05, 0.1) is 5.56 Å². The highest BCUT2D eigenvalue weighted by Gasteiger charge is 2.35. The number of alkyl halides is 6. The molecule has 0 bridgehead atoms. The van der Waals surface area contributed by atoms with Crippen LogP contribution >= 0.6 is 24.8 Å². The van der Waals surface area contributed by atoms with Gasteiger partial charge in [-0.15, -0.1) is 24.8 Å². The summed E-state index contributed by atoms with van der Waals surface area (Å²) in [5.41, 5.74) is -1.28. The van der Waals surface area contributed by atoms with E-state index in [9.17, 15) is 30.7 Å². The van der Waals surface area contributed by atoms with Gasteiger partial charge in [-0.2, -0.15) is 26.3 Å². The first kappa shape index (κ1) is 25.2. The van der Waals surface area contributed by atoms with Crippen molar-refractivity contribution < 1.29 is 30.7 Å². The molecule has 1 aliphatic heterocycles. The molecule has 1 aromatic rings. The minimum atomic E-state index is -4.83. The number of hydrogen-bond acceptors (Lipinski definition) is 2. The van der Waals surface area contributed by atoms with Gasteiger partial charge in [-0.25, -0.2) is 4.39 Å². The van der Waals surface area contributed by atoms with Gasteiger partial charge in [0, 0.05) is 38.6 Å². The Kier molecular flexibility index (Phi) is 9.67. The molecule has 0 amide bonds. The number of nitrogens with one attached hydrogen (secondary N) is 1. The summed E-state index contributed by atoms with van der Waals surface area (Å²) in [5.74, 6) is -1.47. The Morgan fingerprint density at radius 2 is 1.58 bits per heavy atom. The van der Waals surface area contributed by atoms with Crippen molar-refractivity contribution in [3.8, 4) is 0 Å². The number of nitrogens with zero attached hydrogens (tertiary/aromatic N) is 1. The molecule has 2 nitrogen and oxygen atoms in total. The molecule has 152 valence electrons. The molecule has 0 aromatic heterocycles. The monoisotopic (exact) mass is 430 g/mol. The van der Waals surface area contributed by atoms with Gasteiger partial charge in [0.25, 0.3) is 0 Å².